The molecular weight excluding hydrogens is 632 g/mol. The fourth-order valence-electron chi connectivity index (χ4n) is 3.55. The van der Waals surface area contributed by atoms with Gasteiger partial charge in [0, 0.05) is 24.2 Å². The Balaban J connectivity index is 1.52. The smallest absolute Gasteiger partial charge is 0.362 e. The predicted octanol–water partition coefficient (Wildman–Crippen LogP) is -1.71. The number of carbonyl (C=O) groups is 4. The van der Waals surface area contributed by atoms with Crippen LogP contribution >= 0.6 is 11.3 Å². The maximum atomic E-state index is 13.2. The lowest BCUT2D eigenvalue weighted by atomic mass is 9.98. The number of nitrogens with one attached hydrogen (secondary N) is 3. The first-order valence-electron chi connectivity index (χ1n) is 12.0. The lowest BCUT2D eigenvalue weighted by Crippen LogP contribution is -2.74. The number of nitrogen functional groups attached to an aromatic ring is 1. The molecule has 1 saturated heterocycles. The van der Waals surface area contributed by atoms with Crippen LogP contribution in [0.25, 0.3) is 11.6 Å². The zero-order valence-electron chi connectivity index (χ0n) is 22.4. The van der Waals surface area contributed by atoms with Crippen molar-refractivity contribution in [3.05, 3.63) is 45.5 Å². The van der Waals surface area contributed by atoms with Crippen LogP contribution in [0.15, 0.2) is 38.3 Å². The van der Waals surface area contributed by atoms with Crippen molar-refractivity contribution in [2.24, 2.45) is 5.16 Å². The maximum absolute atomic E-state index is 13.2. The summed E-state index contributed by atoms with van der Waals surface area (Å²) in [5.74, 6) is -5.58. The van der Waals surface area contributed by atoms with E-state index < -0.39 is 75.1 Å². The van der Waals surface area contributed by atoms with E-state index in [0.717, 1.165) is 43.7 Å². The zero-order chi connectivity index (χ0) is 32.6. The minimum Gasteiger partial charge on any atom is -0.503 e. The van der Waals surface area contributed by atoms with Crippen molar-refractivity contribution in [1.29, 1.82) is 0 Å². The highest BCUT2D eigenvalue weighted by Gasteiger charge is 2.54. The first-order valence-corrected chi connectivity index (χ1v) is 14.3. The number of hydrogen-bond donors (Lipinski definition) is 7. The number of oxime groups is 1. The molecule has 3 aromatic rings. The number of H-pyrrole nitrogens is 1. The Morgan fingerprint density at radius 1 is 1.27 bits per heavy atom. The van der Waals surface area contributed by atoms with E-state index >= 15 is 0 Å². The largest absolute Gasteiger partial charge is 0.503 e. The van der Waals surface area contributed by atoms with Crippen LogP contribution in [-0.4, -0.2) is 96.1 Å². The SMILES string of the molecule is CC(C)(O/N=C(\C(=O)N[C@@H]1C(=O)N(S(=O)(=O)O)[C@@H]1CNC(=O)c1coc(-c2cc(=O)c(O)c[nH]2)n1)c1csc(N)n1)C(=O)O. The molecule has 3 aromatic heterocycles. The number of amides is 3. The number of anilines is 1. The highest BCUT2D eigenvalue weighted by molar-refractivity contribution is 7.84. The Bertz CT molecular complexity index is 1840. The van der Waals surface area contributed by atoms with Crippen LogP contribution in [0.2, 0.25) is 0 Å². The average molecular weight is 655 g/mol. The molecule has 0 spiro atoms. The second-order valence-corrected chi connectivity index (χ2v) is 11.6. The summed E-state index contributed by atoms with van der Waals surface area (Å²) < 4.78 is 38.5. The molecule has 4 heterocycles. The van der Waals surface area contributed by atoms with E-state index in [1.165, 1.54) is 5.38 Å². The van der Waals surface area contributed by atoms with Crippen molar-refractivity contribution in [2.45, 2.75) is 31.5 Å². The first kappa shape index (κ1) is 31.6. The van der Waals surface area contributed by atoms with E-state index in [1.54, 1.807) is 0 Å². The summed E-state index contributed by atoms with van der Waals surface area (Å²) in [6, 6.07) is -2.23. The van der Waals surface area contributed by atoms with Crippen molar-refractivity contribution < 1.29 is 51.6 Å². The fraction of sp³-hybridized carbons (Fsp3) is 0.273. The van der Waals surface area contributed by atoms with Gasteiger partial charge in [0.25, 0.3) is 17.7 Å². The van der Waals surface area contributed by atoms with Crippen LogP contribution in [0.5, 0.6) is 5.75 Å². The molecule has 0 saturated carbocycles. The van der Waals surface area contributed by atoms with Gasteiger partial charge in [-0.2, -0.15) is 8.42 Å². The molecule has 1 aliphatic rings. The quantitative estimate of drug-likeness (QED) is 0.0524. The van der Waals surface area contributed by atoms with Gasteiger partial charge in [0.2, 0.25) is 16.9 Å². The van der Waals surface area contributed by atoms with Gasteiger partial charge in [0.15, 0.2) is 22.3 Å². The molecule has 0 unspecified atom stereocenters. The number of oxazole rings is 1. The van der Waals surface area contributed by atoms with Crippen molar-refractivity contribution in [1.82, 2.24) is 29.9 Å². The highest BCUT2D eigenvalue weighted by atomic mass is 32.2. The van der Waals surface area contributed by atoms with Gasteiger partial charge >= 0.3 is 16.3 Å². The van der Waals surface area contributed by atoms with E-state index in [2.05, 4.69) is 30.7 Å². The van der Waals surface area contributed by atoms with Gasteiger partial charge in [0.1, 0.15) is 23.7 Å². The lowest BCUT2D eigenvalue weighted by Gasteiger charge is -2.44. The van der Waals surface area contributed by atoms with Crippen molar-refractivity contribution >= 4 is 56.2 Å². The summed E-state index contributed by atoms with van der Waals surface area (Å²) in [6.45, 7) is 1.64. The third kappa shape index (κ3) is 6.50. The molecule has 0 aliphatic carbocycles. The molecule has 44 heavy (non-hydrogen) atoms. The minimum absolute atomic E-state index is 0.00337. The summed E-state index contributed by atoms with van der Waals surface area (Å²) >= 11 is 0.901. The number of aromatic hydroxyl groups is 1. The van der Waals surface area contributed by atoms with Crippen LogP contribution < -0.4 is 21.8 Å². The van der Waals surface area contributed by atoms with Gasteiger partial charge in [0.05, 0.1) is 6.04 Å². The van der Waals surface area contributed by atoms with E-state index in [-0.39, 0.29) is 32.4 Å². The summed E-state index contributed by atoms with van der Waals surface area (Å²) in [6.07, 6.45) is 1.88. The number of carboxylic acids is 1. The first-order chi connectivity index (χ1) is 20.5. The Morgan fingerprint density at radius 3 is 2.57 bits per heavy atom. The molecular formula is C22H22N8O12S2. The maximum Gasteiger partial charge on any atom is 0.362 e. The molecule has 22 heteroatoms. The molecule has 4 rings (SSSR count). The van der Waals surface area contributed by atoms with E-state index in [1.807, 2.05) is 0 Å². The number of pyridine rings is 1. The van der Waals surface area contributed by atoms with Crippen LogP contribution in [0.1, 0.15) is 30.0 Å². The normalized spacial score (nSPS) is 17.1. The third-order valence-corrected chi connectivity index (χ3v) is 7.52. The minimum atomic E-state index is -5.15. The molecule has 1 fully saturated rings. The zero-order valence-corrected chi connectivity index (χ0v) is 24.0. The number of nitrogens with zero attached hydrogens (tertiary/aromatic N) is 4. The van der Waals surface area contributed by atoms with E-state index in [4.69, 9.17) is 15.0 Å². The van der Waals surface area contributed by atoms with Crippen molar-refractivity contribution in [3.63, 3.8) is 0 Å². The predicted molar refractivity (Wildman–Crippen MR) is 147 cm³/mol. The average Bonchev–Trinajstić information content (AvgIpc) is 3.60. The van der Waals surface area contributed by atoms with Gasteiger partial charge in [-0.05, 0) is 13.8 Å². The van der Waals surface area contributed by atoms with Crippen LogP contribution in [0.3, 0.4) is 0 Å². The number of aliphatic carboxylic acids is 1. The van der Waals surface area contributed by atoms with Gasteiger partial charge in [-0.25, -0.2) is 19.1 Å². The molecule has 0 aromatic carbocycles. The van der Waals surface area contributed by atoms with Gasteiger partial charge in [-0.1, -0.05) is 5.16 Å². The van der Waals surface area contributed by atoms with Crippen molar-refractivity contribution in [2.75, 3.05) is 12.3 Å². The number of rotatable bonds is 11. The molecule has 8 N–H and O–H groups in total. The number of aromatic amines is 1. The molecule has 1 aliphatic heterocycles. The molecule has 2 atom stereocenters. The Labute approximate surface area is 249 Å². The van der Waals surface area contributed by atoms with Crippen LogP contribution in [0.4, 0.5) is 5.13 Å². The van der Waals surface area contributed by atoms with E-state index in [9.17, 15) is 47.2 Å². The molecule has 0 bridgehead atoms. The number of β-lactam (4-membered cyclic amide) rings is 1. The number of thiazole rings is 1. The topological polar surface area (TPSA) is 310 Å². The van der Waals surface area contributed by atoms with Gasteiger partial charge in [-0.3, -0.25) is 23.7 Å². The second-order valence-electron chi connectivity index (χ2n) is 9.39. The number of aromatic nitrogens is 3. The molecule has 0 radical (unpaired) electrons. The van der Waals surface area contributed by atoms with Gasteiger partial charge in [-0.15, -0.1) is 11.3 Å². The molecule has 3 amide bonds. The Kier molecular flexibility index (Phi) is 8.42. The second kappa shape index (κ2) is 11.7. The lowest BCUT2D eigenvalue weighted by molar-refractivity contribution is -0.161. The third-order valence-electron chi connectivity index (χ3n) is 5.90. The summed E-state index contributed by atoms with van der Waals surface area (Å²) in [7, 11) is -5.15. The molecule has 234 valence electrons. The molecule has 20 nitrogen and oxygen atoms in total. The van der Waals surface area contributed by atoms with Crippen LogP contribution in [-0.2, 0) is 29.5 Å². The van der Waals surface area contributed by atoms with Crippen LogP contribution in [0, 0.1) is 0 Å². The summed E-state index contributed by atoms with van der Waals surface area (Å²) in [4.78, 5) is 76.9. The number of carboxylic acid groups (broad SMARTS) is 1. The number of nitrogens with two attached hydrogens (primary N) is 1. The standard InChI is InChI=1S/C22H22N8O12S2/c1-22(2,20(36)37)42-29-14(10-7-43-21(23)27-10)17(34)28-15-11(30(19(15)35)44(38,39)40)4-25-16(33)9-6-41-18(26-9)8-3-12(31)13(32)5-24-8/h3,5-7,11,15,32H,4H2,1-2H3,(H2,23,27)(H,24,31)(H,25,33)(H,28,34)(H,36,37)(H,38,39,40)/b29-14-/t11-,15+/m1/s1. The number of hydrogen-bond acceptors (Lipinski definition) is 15. The number of carbonyl (C=O) groups excluding carboxylic acids is 3. The van der Waals surface area contributed by atoms with Crippen molar-refractivity contribution in [3.8, 4) is 17.3 Å². The van der Waals surface area contributed by atoms with Gasteiger partial charge < -0.3 is 40.8 Å². The fourth-order valence-corrected chi connectivity index (χ4v) is 4.98. The van der Waals surface area contributed by atoms with E-state index in [0.29, 0.717) is 0 Å². The summed E-state index contributed by atoms with van der Waals surface area (Å²) in [5.41, 5.74) is 1.87. The Hall–Kier alpha value is -5.35. The highest BCUT2D eigenvalue weighted by Crippen LogP contribution is 2.24. The summed E-state index contributed by atoms with van der Waals surface area (Å²) in [5, 5.41) is 28.0. The Morgan fingerprint density at radius 2 is 1.98 bits per heavy atom. The monoisotopic (exact) mass is 654 g/mol.